The van der Waals surface area contributed by atoms with E-state index in [1.165, 1.54) is 0 Å². The first-order valence-corrected chi connectivity index (χ1v) is 6.20. The molecule has 0 radical (unpaired) electrons. The number of hydrogen-bond acceptors (Lipinski definition) is 3. The van der Waals surface area contributed by atoms with E-state index in [-0.39, 0.29) is 5.91 Å². The topological polar surface area (TPSA) is 68.0 Å². The fourth-order valence-electron chi connectivity index (χ4n) is 1.84. The molecule has 0 saturated heterocycles. The number of nitrogen functional groups attached to an aromatic ring is 1. The largest absolute Gasteiger partial charge is 0.398 e. The minimum Gasteiger partial charge on any atom is -0.398 e. The number of aromatic nitrogens is 1. The van der Waals surface area contributed by atoms with Crippen molar-refractivity contribution in [1.82, 2.24) is 10.3 Å². The molecule has 4 heteroatoms. The van der Waals surface area contributed by atoms with Crippen LogP contribution in [0.25, 0.3) is 0 Å². The van der Waals surface area contributed by atoms with Crippen molar-refractivity contribution in [3.05, 3.63) is 59.4 Å². The van der Waals surface area contributed by atoms with Crippen LogP contribution in [0.5, 0.6) is 0 Å². The van der Waals surface area contributed by atoms with Gasteiger partial charge in [-0.2, -0.15) is 0 Å². The third-order valence-electron chi connectivity index (χ3n) is 2.99. The Morgan fingerprint density at radius 1 is 1.32 bits per heavy atom. The minimum atomic E-state index is -0.134. The molecule has 4 nitrogen and oxygen atoms in total. The van der Waals surface area contributed by atoms with Gasteiger partial charge in [-0.1, -0.05) is 18.2 Å². The van der Waals surface area contributed by atoms with Crippen LogP contribution >= 0.6 is 0 Å². The minimum absolute atomic E-state index is 0.134. The highest BCUT2D eigenvalue weighted by Gasteiger charge is 2.09. The lowest BCUT2D eigenvalue weighted by Crippen LogP contribution is -2.26. The van der Waals surface area contributed by atoms with Crippen molar-refractivity contribution in [3.8, 4) is 0 Å². The van der Waals surface area contributed by atoms with E-state index in [0.29, 0.717) is 17.8 Å². The normalized spacial score (nSPS) is 10.2. The van der Waals surface area contributed by atoms with Crippen molar-refractivity contribution in [1.29, 1.82) is 0 Å². The summed E-state index contributed by atoms with van der Waals surface area (Å²) in [6.45, 7) is 2.46. The zero-order chi connectivity index (χ0) is 13.7. The van der Waals surface area contributed by atoms with Gasteiger partial charge in [-0.3, -0.25) is 9.78 Å². The number of nitrogens with one attached hydrogen (secondary N) is 1. The van der Waals surface area contributed by atoms with E-state index in [4.69, 9.17) is 5.73 Å². The van der Waals surface area contributed by atoms with Crippen LogP contribution in [0.1, 0.15) is 21.5 Å². The Balaban J connectivity index is 1.93. The molecule has 0 aliphatic carbocycles. The zero-order valence-corrected chi connectivity index (χ0v) is 10.9. The number of rotatable bonds is 4. The highest BCUT2D eigenvalue weighted by atomic mass is 16.1. The molecule has 0 fully saturated rings. The summed E-state index contributed by atoms with van der Waals surface area (Å²) in [6, 6.07) is 9.33. The van der Waals surface area contributed by atoms with Crippen LogP contribution in [-0.2, 0) is 6.42 Å². The van der Waals surface area contributed by atoms with E-state index in [1.54, 1.807) is 18.5 Å². The van der Waals surface area contributed by atoms with Crippen LogP contribution in [0, 0.1) is 6.92 Å². The zero-order valence-electron chi connectivity index (χ0n) is 10.9. The summed E-state index contributed by atoms with van der Waals surface area (Å²) in [5.74, 6) is -0.134. The molecule has 0 unspecified atom stereocenters. The van der Waals surface area contributed by atoms with Gasteiger partial charge in [-0.05, 0) is 36.6 Å². The van der Waals surface area contributed by atoms with Gasteiger partial charge in [0.15, 0.2) is 0 Å². The lowest BCUT2D eigenvalue weighted by atomic mass is 10.1. The smallest absolute Gasteiger partial charge is 0.253 e. The Bertz CT molecular complexity index is 567. The number of benzene rings is 1. The predicted molar refractivity (Wildman–Crippen MR) is 75.9 cm³/mol. The van der Waals surface area contributed by atoms with E-state index < -0.39 is 0 Å². The summed E-state index contributed by atoms with van der Waals surface area (Å²) < 4.78 is 0. The molecule has 1 amide bonds. The van der Waals surface area contributed by atoms with Crippen molar-refractivity contribution in [2.75, 3.05) is 12.3 Å². The van der Waals surface area contributed by atoms with Crippen molar-refractivity contribution in [3.63, 3.8) is 0 Å². The van der Waals surface area contributed by atoms with Crippen LogP contribution < -0.4 is 11.1 Å². The van der Waals surface area contributed by atoms with E-state index in [0.717, 1.165) is 17.5 Å². The summed E-state index contributed by atoms with van der Waals surface area (Å²) in [5.41, 5.74) is 8.99. The van der Waals surface area contributed by atoms with Crippen molar-refractivity contribution in [2.24, 2.45) is 0 Å². The molecular formula is C15H17N3O. The highest BCUT2D eigenvalue weighted by molar-refractivity contribution is 5.99. The van der Waals surface area contributed by atoms with Crippen molar-refractivity contribution >= 4 is 11.6 Å². The van der Waals surface area contributed by atoms with Crippen molar-refractivity contribution in [2.45, 2.75) is 13.3 Å². The number of anilines is 1. The third-order valence-corrected chi connectivity index (χ3v) is 2.99. The summed E-state index contributed by atoms with van der Waals surface area (Å²) >= 11 is 0. The van der Waals surface area contributed by atoms with Gasteiger partial charge in [-0.15, -0.1) is 0 Å². The molecule has 1 aromatic carbocycles. The number of carbonyl (C=O) groups excluding carboxylic acids is 1. The van der Waals surface area contributed by atoms with Crippen LogP contribution in [-0.4, -0.2) is 17.4 Å². The Morgan fingerprint density at radius 2 is 2.16 bits per heavy atom. The second-order valence-corrected chi connectivity index (χ2v) is 4.40. The van der Waals surface area contributed by atoms with Crippen LogP contribution in [0.3, 0.4) is 0 Å². The molecule has 0 atom stereocenters. The Morgan fingerprint density at radius 3 is 2.89 bits per heavy atom. The Kier molecular flexibility index (Phi) is 4.13. The van der Waals surface area contributed by atoms with Crippen LogP contribution in [0.2, 0.25) is 0 Å². The van der Waals surface area contributed by atoms with E-state index in [1.807, 2.05) is 31.2 Å². The van der Waals surface area contributed by atoms with Gasteiger partial charge >= 0.3 is 0 Å². The monoisotopic (exact) mass is 255 g/mol. The molecule has 19 heavy (non-hydrogen) atoms. The van der Waals surface area contributed by atoms with Gasteiger partial charge in [0.2, 0.25) is 0 Å². The molecule has 0 bridgehead atoms. The molecular weight excluding hydrogens is 238 g/mol. The molecule has 0 aliphatic heterocycles. The van der Waals surface area contributed by atoms with Gasteiger partial charge in [0, 0.05) is 24.6 Å². The lowest BCUT2D eigenvalue weighted by molar-refractivity contribution is 0.0955. The molecule has 1 heterocycles. The summed E-state index contributed by atoms with van der Waals surface area (Å²) in [5, 5.41) is 2.87. The van der Waals surface area contributed by atoms with Crippen LogP contribution in [0.15, 0.2) is 42.7 Å². The first-order valence-electron chi connectivity index (χ1n) is 6.20. The first kappa shape index (κ1) is 13.1. The van der Waals surface area contributed by atoms with Gasteiger partial charge in [0.1, 0.15) is 0 Å². The van der Waals surface area contributed by atoms with Gasteiger partial charge in [-0.25, -0.2) is 0 Å². The third kappa shape index (κ3) is 3.31. The maximum Gasteiger partial charge on any atom is 0.253 e. The van der Waals surface area contributed by atoms with Crippen LogP contribution in [0.4, 0.5) is 5.69 Å². The number of nitrogens with two attached hydrogens (primary N) is 1. The van der Waals surface area contributed by atoms with E-state index >= 15 is 0 Å². The maximum atomic E-state index is 12.0. The Labute approximate surface area is 112 Å². The fourth-order valence-corrected chi connectivity index (χ4v) is 1.84. The summed E-state index contributed by atoms with van der Waals surface area (Å²) in [4.78, 5) is 16.0. The molecule has 2 aromatic rings. The lowest BCUT2D eigenvalue weighted by Gasteiger charge is -2.09. The first-order chi connectivity index (χ1) is 9.18. The summed E-state index contributed by atoms with van der Waals surface area (Å²) in [7, 11) is 0. The maximum absolute atomic E-state index is 12.0. The fraction of sp³-hybridized carbons (Fsp3) is 0.200. The summed E-state index contributed by atoms with van der Waals surface area (Å²) in [6.07, 6.45) is 4.29. The van der Waals surface area contributed by atoms with E-state index in [2.05, 4.69) is 10.3 Å². The number of carbonyl (C=O) groups is 1. The standard InChI is InChI=1S/C15H17N3O/c1-11-4-2-6-13(14(11)16)15(19)18-9-7-12-5-3-8-17-10-12/h2-6,8,10H,7,9,16H2,1H3,(H,18,19). The molecule has 2 rings (SSSR count). The molecule has 0 saturated carbocycles. The average molecular weight is 255 g/mol. The van der Waals surface area contributed by atoms with Gasteiger partial charge < -0.3 is 11.1 Å². The van der Waals surface area contributed by atoms with Gasteiger partial charge in [0.05, 0.1) is 5.56 Å². The molecule has 0 aliphatic rings. The predicted octanol–water partition coefficient (Wildman–Crippen LogP) is 1.94. The molecule has 98 valence electrons. The SMILES string of the molecule is Cc1cccc(C(=O)NCCc2cccnc2)c1N. The Hall–Kier alpha value is -2.36. The molecule has 3 N–H and O–H groups in total. The second-order valence-electron chi connectivity index (χ2n) is 4.40. The number of para-hydroxylation sites is 1. The number of hydrogen-bond donors (Lipinski definition) is 2. The number of pyridine rings is 1. The average Bonchev–Trinajstić information content (AvgIpc) is 2.43. The highest BCUT2D eigenvalue weighted by Crippen LogP contribution is 2.15. The number of amides is 1. The van der Waals surface area contributed by atoms with E-state index in [9.17, 15) is 4.79 Å². The molecule has 0 spiro atoms. The number of nitrogens with zero attached hydrogens (tertiary/aromatic N) is 1. The van der Waals surface area contributed by atoms with Crippen molar-refractivity contribution < 1.29 is 4.79 Å². The number of aryl methyl sites for hydroxylation is 1. The van der Waals surface area contributed by atoms with Gasteiger partial charge in [0.25, 0.3) is 5.91 Å². The molecule has 1 aromatic heterocycles. The quantitative estimate of drug-likeness (QED) is 0.820. The second kappa shape index (κ2) is 6.00.